The minimum absolute atomic E-state index is 0.696. The summed E-state index contributed by atoms with van der Waals surface area (Å²) in [4.78, 5) is 6.44. The number of nitrogens with one attached hydrogen (secondary N) is 1. The summed E-state index contributed by atoms with van der Waals surface area (Å²) < 4.78 is 8.35. The van der Waals surface area contributed by atoms with E-state index in [1.165, 1.54) is 11.1 Å². The molecule has 0 radical (unpaired) electrons. The van der Waals surface area contributed by atoms with Crippen LogP contribution in [-0.4, -0.2) is 28.4 Å². The monoisotopic (exact) mass is 450 g/mol. The van der Waals surface area contributed by atoms with Gasteiger partial charge in [0.15, 0.2) is 0 Å². The third-order valence-corrected chi connectivity index (χ3v) is 5.58. The van der Waals surface area contributed by atoms with Crippen molar-refractivity contribution in [3.63, 3.8) is 0 Å². The molecule has 4 rings (SSSR count). The van der Waals surface area contributed by atoms with Crippen LogP contribution in [0, 0.1) is 6.92 Å². The summed E-state index contributed by atoms with van der Waals surface area (Å²) in [6.45, 7) is 10.9. The number of hydrogen-bond donors (Lipinski definition) is 1. The first-order chi connectivity index (χ1) is 16.4. The average Bonchev–Trinajstić information content (AvgIpc) is 3.30. The van der Waals surface area contributed by atoms with Crippen LogP contribution in [0.1, 0.15) is 22.4 Å². The molecule has 0 aliphatic carbocycles. The van der Waals surface area contributed by atoms with Crippen LogP contribution in [0.3, 0.4) is 0 Å². The van der Waals surface area contributed by atoms with E-state index in [2.05, 4.69) is 58.3 Å². The largest absolute Gasteiger partial charge is 0.457 e. The van der Waals surface area contributed by atoms with Crippen molar-refractivity contribution in [2.75, 3.05) is 14.1 Å². The van der Waals surface area contributed by atoms with Gasteiger partial charge < -0.3 is 19.4 Å². The zero-order valence-corrected chi connectivity index (χ0v) is 20.0. The molecule has 0 saturated heterocycles. The molecule has 0 fully saturated rings. The van der Waals surface area contributed by atoms with Gasteiger partial charge in [-0.1, -0.05) is 31.4 Å². The molecule has 0 atom stereocenters. The van der Waals surface area contributed by atoms with Crippen LogP contribution in [0.25, 0.3) is 16.8 Å². The van der Waals surface area contributed by atoms with Crippen molar-refractivity contribution in [3.8, 4) is 11.5 Å². The van der Waals surface area contributed by atoms with Gasteiger partial charge in [-0.15, -0.1) is 0 Å². The first-order valence-electron chi connectivity index (χ1n) is 11.2. The van der Waals surface area contributed by atoms with Gasteiger partial charge in [0.2, 0.25) is 0 Å². The number of pyridine rings is 2. The van der Waals surface area contributed by atoms with Crippen LogP contribution in [0.2, 0.25) is 0 Å². The van der Waals surface area contributed by atoms with E-state index in [9.17, 15) is 0 Å². The van der Waals surface area contributed by atoms with E-state index >= 15 is 0 Å². The quantitative estimate of drug-likeness (QED) is 0.305. The lowest BCUT2D eigenvalue weighted by Gasteiger charge is -2.16. The van der Waals surface area contributed by atoms with Crippen molar-refractivity contribution in [3.05, 3.63) is 121 Å². The lowest BCUT2D eigenvalue weighted by molar-refractivity contribution is 0.477. The molecule has 3 heterocycles. The second kappa shape index (κ2) is 10.1. The fourth-order valence-electron chi connectivity index (χ4n) is 3.81. The Labute approximate surface area is 201 Å². The Morgan fingerprint density at radius 2 is 1.97 bits per heavy atom. The van der Waals surface area contributed by atoms with Gasteiger partial charge in [-0.2, -0.15) is 0 Å². The second-order valence-electron chi connectivity index (χ2n) is 8.37. The number of rotatable bonds is 9. The summed E-state index contributed by atoms with van der Waals surface area (Å²) in [5.41, 5.74) is 7.01. The molecule has 0 amide bonds. The molecule has 5 nitrogen and oxygen atoms in total. The molecule has 0 unspecified atom stereocenters. The highest BCUT2D eigenvalue weighted by Crippen LogP contribution is 2.30. The maximum absolute atomic E-state index is 6.26. The van der Waals surface area contributed by atoms with Gasteiger partial charge in [-0.3, -0.25) is 4.98 Å². The van der Waals surface area contributed by atoms with Crippen LogP contribution in [0.15, 0.2) is 98.6 Å². The van der Waals surface area contributed by atoms with Gasteiger partial charge in [-0.05, 0) is 48.9 Å². The zero-order valence-electron chi connectivity index (χ0n) is 20.0. The van der Waals surface area contributed by atoms with Crippen molar-refractivity contribution >= 4 is 16.8 Å². The molecule has 1 aromatic carbocycles. The van der Waals surface area contributed by atoms with Gasteiger partial charge in [0.05, 0.1) is 5.69 Å². The normalized spacial score (nSPS) is 11.3. The topological polar surface area (TPSA) is 41.8 Å². The molecule has 0 aliphatic heterocycles. The smallest absolute Gasteiger partial charge is 0.131 e. The highest BCUT2D eigenvalue weighted by molar-refractivity contribution is 5.71. The molecular weight excluding hydrogens is 420 g/mol. The third kappa shape index (κ3) is 5.21. The summed E-state index contributed by atoms with van der Waals surface area (Å²) >= 11 is 0. The maximum Gasteiger partial charge on any atom is 0.131 e. The molecule has 1 N–H and O–H groups in total. The SMILES string of the molecule is C=C/C(=C\N(C)C)c1cc(Oc2cccc(C(=C)NCc3ccn4cccc4c3)c2C)ccn1. The van der Waals surface area contributed by atoms with Gasteiger partial charge in [-0.25, -0.2) is 0 Å². The number of nitrogens with zero attached hydrogens (tertiary/aromatic N) is 3. The van der Waals surface area contributed by atoms with Gasteiger partial charge in [0, 0.05) is 79.4 Å². The van der Waals surface area contributed by atoms with Crippen molar-refractivity contribution in [1.82, 2.24) is 19.6 Å². The van der Waals surface area contributed by atoms with E-state index in [1.54, 1.807) is 12.3 Å². The first kappa shape index (κ1) is 22.9. The first-order valence-corrected chi connectivity index (χ1v) is 11.2. The minimum Gasteiger partial charge on any atom is -0.457 e. The Hall–Kier alpha value is -4.25. The highest BCUT2D eigenvalue weighted by atomic mass is 16.5. The van der Waals surface area contributed by atoms with E-state index < -0.39 is 0 Å². The molecule has 0 saturated carbocycles. The second-order valence-corrected chi connectivity index (χ2v) is 8.37. The van der Waals surface area contributed by atoms with E-state index in [0.29, 0.717) is 6.54 Å². The Kier molecular flexibility index (Phi) is 6.83. The lowest BCUT2D eigenvalue weighted by atomic mass is 10.0. The van der Waals surface area contributed by atoms with Crippen molar-refractivity contribution in [1.29, 1.82) is 0 Å². The number of allylic oxidation sites excluding steroid dienone is 2. The summed E-state index contributed by atoms with van der Waals surface area (Å²) in [5, 5.41) is 3.46. The van der Waals surface area contributed by atoms with E-state index in [-0.39, 0.29) is 0 Å². The predicted octanol–water partition coefficient (Wildman–Crippen LogP) is 6.28. The van der Waals surface area contributed by atoms with Crippen LogP contribution >= 0.6 is 0 Å². The molecule has 34 heavy (non-hydrogen) atoms. The van der Waals surface area contributed by atoms with Gasteiger partial charge >= 0.3 is 0 Å². The number of aromatic nitrogens is 2. The Balaban J connectivity index is 1.50. The van der Waals surface area contributed by atoms with Gasteiger partial charge in [0.1, 0.15) is 11.5 Å². The van der Waals surface area contributed by atoms with Crippen molar-refractivity contribution in [2.24, 2.45) is 0 Å². The fraction of sp³-hybridized carbons (Fsp3) is 0.138. The maximum atomic E-state index is 6.26. The van der Waals surface area contributed by atoms with E-state index in [1.807, 2.05) is 68.6 Å². The van der Waals surface area contributed by atoms with Crippen LogP contribution in [0.5, 0.6) is 11.5 Å². The van der Waals surface area contributed by atoms with Crippen molar-refractivity contribution in [2.45, 2.75) is 13.5 Å². The molecule has 3 aromatic heterocycles. The molecular formula is C29H30N4O. The third-order valence-electron chi connectivity index (χ3n) is 5.58. The van der Waals surface area contributed by atoms with E-state index in [0.717, 1.165) is 39.6 Å². The molecule has 4 aromatic rings. The fourth-order valence-corrected chi connectivity index (χ4v) is 3.81. The number of hydrogen-bond acceptors (Lipinski definition) is 4. The standard InChI is InChI=1S/C29H30N4O/c1-6-24(20-32(4)5)28-18-26(12-14-30-28)34-29-11-7-10-27(21(29)2)22(3)31-19-23-13-16-33-15-8-9-25(33)17-23/h6-18,20,31H,1,3,19H2,2,4-5H3/b24-20+. The number of benzene rings is 1. The Morgan fingerprint density at radius 3 is 2.76 bits per heavy atom. The van der Waals surface area contributed by atoms with Crippen LogP contribution in [0.4, 0.5) is 0 Å². The number of ether oxygens (including phenoxy) is 1. The molecule has 172 valence electrons. The lowest BCUT2D eigenvalue weighted by Crippen LogP contribution is -2.12. The molecule has 0 bridgehead atoms. The van der Waals surface area contributed by atoms with Gasteiger partial charge in [0.25, 0.3) is 0 Å². The zero-order chi connectivity index (χ0) is 24.1. The summed E-state index contributed by atoms with van der Waals surface area (Å²) in [6.07, 6.45) is 9.64. The average molecular weight is 451 g/mol. The predicted molar refractivity (Wildman–Crippen MR) is 141 cm³/mol. The van der Waals surface area contributed by atoms with Crippen LogP contribution < -0.4 is 10.1 Å². The van der Waals surface area contributed by atoms with Crippen molar-refractivity contribution < 1.29 is 4.74 Å². The summed E-state index contributed by atoms with van der Waals surface area (Å²) in [6, 6.07) is 18.2. The Morgan fingerprint density at radius 1 is 1.12 bits per heavy atom. The summed E-state index contributed by atoms with van der Waals surface area (Å²) in [7, 11) is 3.94. The Bertz CT molecular complexity index is 1360. The molecule has 0 spiro atoms. The highest BCUT2D eigenvalue weighted by Gasteiger charge is 2.10. The molecule has 5 heteroatoms. The van der Waals surface area contributed by atoms with Crippen LogP contribution in [-0.2, 0) is 6.54 Å². The van der Waals surface area contributed by atoms with E-state index in [4.69, 9.17) is 4.74 Å². The number of fused-ring (bicyclic) bond motifs is 1. The minimum atomic E-state index is 0.696. The molecule has 0 aliphatic rings. The summed E-state index contributed by atoms with van der Waals surface area (Å²) in [5.74, 6) is 1.50.